The predicted molar refractivity (Wildman–Crippen MR) is 66.1 cm³/mol. The van der Waals surface area contributed by atoms with Crippen LogP contribution in [0.15, 0.2) is 0 Å². The lowest BCUT2D eigenvalue weighted by molar-refractivity contribution is 0.0928. The lowest BCUT2D eigenvalue weighted by Crippen LogP contribution is -2.46. The van der Waals surface area contributed by atoms with Crippen molar-refractivity contribution in [3.05, 3.63) is 0 Å². The van der Waals surface area contributed by atoms with E-state index >= 15 is 0 Å². The Kier molecular flexibility index (Phi) is 6.41. The van der Waals surface area contributed by atoms with Crippen molar-refractivity contribution < 1.29 is 5.11 Å². The van der Waals surface area contributed by atoms with Gasteiger partial charge >= 0.3 is 0 Å². The highest BCUT2D eigenvalue weighted by Crippen LogP contribution is 2.02. The molecular weight excluding hydrogens is 188 g/mol. The van der Waals surface area contributed by atoms with Gasteiger partial charge < -0.3 is 10.4 Å². The Labute approximate surface area is 94.9 Å². The van der Waals surface area contributed by atoms with E-state index in [1.165, 1.54) is 0 Å². The molecule has 0 aliphatic heterocycles. The minimum Gasteiger partial charge on any atom is -0.390 e. The fourth-order valence-corrected chi connectivity index (χ4v) is 1.46. The van der Waals surface area contributed by atoms with Crippen LogP contribution in [0.5, 0.6) is 0 Å². The van der Waals surface area contributed by atoms with Crippen LogP contribution >= 0.6 is 0 Å². The molecule has 15 heavy (non-hydrogen) atoms. The van der Waals surface area contributed by atoms with Crippen molar-refractivity contribution in [1.82, 2.24) is 10.2 Å². The van der Waals surface area contributed by atoms with Crippen LogP contribution in [0, 0.1) is 0 Å². The second kappa shape index (κ2) is 6.46. The van der Waals surface area contributed by atoms with E-state index in [9.17, 15) is 5.11 Å². The van der Waals surface area contributed by atoms with Crippen LogP contribution < -0.4 is 5.32 Å². The van der Waals surface area contributed by atoms with Crippen molar-refractivity contribution in [1.29, 1.82) is 0 Å². The lowest BCUT2D eigenvalue weighted by Gasteiger charge is -2.29. The highest BCUT2D eigenvalue weighted by Gasteiger charge is 2.15. The van der Waals surface area contributed by atoms with Crippen molar-refractivity contribution in [3.63, 3.8) is 0 Å². The lowest BCUT2D eigenvalue weighted by atomic mass is 10.1. The van der Waals surface area contributed by atoms with Crippen LogP contribution in [0.4, 0.5) is 0 Å². The van der Waals surface area contributed by atoms with E-state index in [2.05, 4.69) is 51.8 Å². The number of hydrogen-bond donors (Lipinski definition) is 2. The Morgan fingerprint density at radius 1 is 1.27 bits per heavy atom. The highest BCUT2D eigenvalue weighted by molar-refractivity contribution is 4.75. The average Bonchev–Trinajstić information content (AvgIpc) is 2.09. The van der Waals surface area contributed by atoms with Crippen molar-refractivity contribution in [2.24, 2.45) is 0 Å². The smallest absolute Gasteiger partial charge is 0.0791 e. The molecule has 0 spiro atoms. The van der Waals surface area contributed by atoms with Gasteiger partial charge in [-0.3, -0.25) is 4.90 Å². The maximum Gasteiger partial charge on any atom is 0.0791 e. The summed E-state index contributed by atoms with van der Waals surface area (Å²) in [4.78, 5) is 2.27. The van der Waals surface area contributed by atoms with Gasteiger partial charge in [0.1, 0.15) is 0 Å². The molecule has 0 aromatic rings. The quantitative estimate of drug-likeness (QED) is 0.706. The van der Waals surface area contributed by atoms with Gasteiger partial charge in [-0.25, -0.2) is 0 Å². The van der Waals surface area contributed by atoms with E-state index in [1.54, 1.807) is 0 Å². The van der Waals surface area contributed by atoms with E-state index < -0.39 is 0 Å². The van der Waals surface area contributed by atoms with Crippen LogP contribution in [-0.2, 0) is 0 Å². The molecule has 0 saturated heterocycles. The first-order chi connectivity index (χ1) is 6.76. The third-order valence-electron chi connectivity index (χ3n) is 2.45. The minimum absolute atomic E-state index is 0.0792. The minimum atomic E-state index is -0.286. The molecule has 0 radical (unpaired) electrons. The summed E-state index contributed by atoms with van der Waals surface area (Å²) in [7, 11) is 0. The Morgan fingerprint density at radius 2 is 1.80 bits per heavy atom. The molecule has 0 aromatic carbocycles. The van der Waals surface area contributed by atoms with Crippen LogP contribution in [0.3, 0.4) is 0 Å². The monoisotopic (exact) mass is 216 g/mol. The summed E-state index contributed by atoms with van der Waals surface area (Å²) in [6.45, 7) is 15.2. The average molecular weight is 216 g/mol. The summed E-state index contributed by atoms with van der Waals surface area (Å²) in [5.41, 5.74) is 0.0792. The van der Waals surface area contributed by atoms with Crippen LogP contribution in [0.1, 0.15) is 41.5 Å². The van der Waals surface area contributed by atoms with E-state index in [4.69, 9.17) is 0 Å². The Morgan fingerprint density at radius 3 is 2.13 bits per heavy atom. The molecule has 0 aromatic heterocycles. The normalized spacial score (nSPS) is 15.0. The first-order valence-electron chi connectivity index (χ1n) is 5.93. The van der Waals surface area contributed by atoms with Gasteiger partial charge in [-0.2, -0.15) is 0 Å². The van der Waals surface area contributed by atoms with Crippen molar-refractivity contribution in [2.75, 3.05) is 19.6 Å². The molecule has 3 nitrogen and oxygen atoms in total. The fourth-order valence-electron chi connectivity index (χ4n) is 1.46. The molecule has 0 fully saturated rings. The SMILES string of the molecule is CCN(CC(O)CNC(C)(C)C)C(C)C. The van der Waals surface area contributed by atoms with Gasteiger partial charge in [0, 0.05) is 24.7 Å². The molecule has 1 unspecified atom stereocenters. The van der Waals surface area contributed by atoms with Gasteiger partial charge in [-0.05, 0) is 41.2 Å². The molecule has 92 valence electrons. The summed E-state index contributed by atoms with van der Waals surface area (Å²) in [6, 6.07) is 0.499. The Hall–Kier alpha value is -0.120. The van der Waals surface area contributed by atoms with E-state index in [-0.39, 0.29) is 11.6 Å². The van der Waals surface area contributed by atoms with Crippen molar-refractivity contribution in [3.8, 4) is 0 Å². The standard InChI is InChI=1S/C12H28N2O/c1-7-14(10(2)3)9-11(15)8-13-12(4,5)6/h10-11,13,15H,7-9H2,1-6H3. The summed E-state index contributed by atoms with van der Waals surface area (Å²) in [5.74, 6) is 0. The third kappa shape index (κ3) is 7.77. The zero-order valence-electron chi connectivity index (χ0n) is 11.2. The first kappa shape index (κ1) is 14.9. The van der Waals surface area contributed by atoms with Gasteiger partial charge in [0.15, 0.2) is 0 Å². The van der Waals surface area contributed by atoms with Crippen LogP contribution in [0.2, 0.25) is 0 Å². The summed E-state index contributed by atoms with van der Waals surface area (Å²) in [6.07, 6.45) is -0.286. The second-order valence-electron chi connectivity index (χ2n) is 5.47. The molecule has 1 atom stereocenters. The summed E-state index contributed by atoms with van der Waals surface area (Å²) < 4.78 is 0. The zero-order chi connectivity index (χ0) is 12.1. The number of nitrogens with zero attached hydrogens (tertiary/aromatic N) is 1. The summed E-state index contributed by atoms with van der Waals surface area (Å²) in [5, 5.41) is 13.2. The van der Waals surface area contributed by atoms with Gasteiger partial charge in [0.2, 0.25) is 0 Å². The topological polar surface area (TPSA) is 35.5 Å². The number of likely N-dealkylation sites (N-methyl/N-ethyl adjacent to an activating group) is 1. The third-order valence-corrected chi connectivity index (χ3v) is 2.45. The Balaban J connectivity index is 3.86. The van der Waals surface area contributed by atoms with Crippen LogP contribution in [-0.4, -0.2) is 47.3 Å². The second-order valence-corrected chi connectivity index (χ2v) is 5.47. The number of rotatable bonds is 6. The largest absolute Gasteiger partial charge is 0.390 e. The molecular formula is C12H28N2O. The molecule has 0 rings (SSSR count). The summed E-state index contributed by atoms with van der Waals surface area (Å²) >= 11 is 0. The number of β-amino-alcohol motifs (C(OH)–C–C–N with tert-alkyl or cyclic N) is 1. The van der Waals surface area contributed by atoms with Crippen LogP contribution in [0.25, 0.3) is 0 Å². The van der Waals surface area contributed by atoms with E-state index in [1.807, 2.05) is 0 Å². The fraction of sp³-hybridized carbons (Fsp3) is 1.00. The number of hydrogen-bond acceptors (Lipinski definition) is 3. The van der Waals surface area contributed by atoms with Crippen molar-refractivity contribution >= 4 is 0 Å². The number of nitrogens with one attached hydrogen (secondary N) is 1. The van der Waals surface area contributed by atoms with E-state index in [0.29, 0.717) is 12.6 Å². The molecule has 0 heterocycles. The van der Waals surface area contributed by atoms with Gasteiger partial charge in [0.05, 0.1) is 6.10 Å². The van der Waals surface area contributed by atoms with Gasteiger partial charge in [0.25, 0.3) is 0 Å². The van der Waals surface area contributed by atoms with Gasteiger partial charge in [-0.1, -0.05) is 6.92 Å². The zero-order valence-corrected chi connectivity index (χ0v) is 11.2. The van der Waals surface area contributed by atoms with Gasteiger partial charge in [-0.15, -0.1) is 0 Å². The molecule has 0 amide bonds. The molecule has 3 heteroatoms. The number of aliphatic hydroxyl groups is 1. The highest BCUT2D eigenvalue weighted by atomic mass is 16.3. The molecule has 0 aliphatic rings. The maximum atomic E-state index is 9.86. The van der Waals surface area contributed by atoms with Crippen molar-refractivity contribution in [2.45, 2.75) is 59.2 Å². The molecule has 0 bridgehead atoms. The molecule has 0 saturated carbocycles. The molecule has 0 aliphatic carbocycles. The Bertz CT molecular complexity index is 163. The number of aliphatic hydroxyl groups excluding tert-OH is 1. The maximum absolute atomic E-state index is 9.86. The van der Waals surface area contributed by atoms with E-state index in [0.717, 1.165) is 13.1 Å². The predicted octanol–water partition coefficient (Wildman–Crippen LogP) is 1.47. The first-order valence-corrected chi connectivity index (χ1v) is 5.93. The molecule has 2 N–H and O–H groups in total.